The van der Waals surface area contributed by atoms with E-state index in [2.05, 4.69) is 22.5 Å². The first-order valence-corrected chi connectivity index (χ1v) is 6.36. The Bertz CT molecular complexity index is 192. The van der Waals surface area contributed by atoms with E-state index in [9.17, 15) is 0 Å². The monoisotopic (exact) mass is 373 g/mol. The average Bonchev–Trinajstić information content (AvgIpc) is 2.35. The normalized spacial score (nSPS) is 10.9. The van der Waals surface area contributed by atoms with E-state index in [1.54, 1.807) is 14.2 Å². The lowest BCUT2D eigenvalue weighted by Crippen LogP contribution is -2.39. The number of guanidine groups is 1. The van der Waals surface area contributed by atoms with Crippen LogP contribution in [-0.2, 0) is 9.47 Å². The van der Waals surface area contributed by atoms with Crippen LogP contribution in [0.4, 0.5) is 0 Å². The Balaban J connectivity index is 0. The molecular formula is C12H28IN3O2. The molecule has 0 aromatic heterocycles. The molecule has 0 spiro atoms. The first kappa shape index (κ1) is 20.2. The van der Waals surface area contributed by atoms with Crippen LogP contribution in [0.1, 0.15) is 26.2 Å². The highest BCUT2D eigenvalue weighted by atomic mass is 127. The molecule has 0 heterocycles. The van der Waals surface area contributed by atoms with E-state index in [1.165, 1.54) is 6.42 Å². The van der Waals surface area contributed by atoms with Crippen LogP contribution in [0.25, 0.3) is 0 Å². The van der Waals surface area contributed by atoms with Crippen molar-refractivity contribution in [3.05, 3.63) is 0 Å². The summed E-state index contributed by atoms with van der Waals surface area (Å²) >= 11 is 0. The summed E-state index contributed by atoms with van der Waals surface area (Å²) in [5.74, 6) is 0.815. The molecule has 0 radical (unpaired) electrons. The van der Waals surface area contributed by atoms with Gasteiger partial charge in [-0.05, 0) is 12.8 Å². The summed E-state index contributed by atoms with van der Waals surface area (Å²) in [5.41, 5.74) is 0. The molecule has 0 atom stereocenters. The topological polar surface area (TPSA) is 54.9 Å². The molecule has 110 valence electrons. The van der Waals surface area contributed by atoms with E-state index < -0.39 is 0 Å². The Morgan fingerprint density at radius 2 is 1.72 bits per heavy atom. The summed E-state index contributed by atoms with van der Waals surface area (Å²) in [6.07, 6.45) is 3.33. The molecule has 18 heavy (non-hydrogen) atoms. The second kappa shape index (κ2) is 16.9. The third-order valence-corrected chi connectivity index (χ3v) is 2.22. The van der Waals surface area contributed by atoms with Crippen molar-refractivity contribution in [2.45, 2.75) is 26.2 Å². The number of hydrogen-bond acceptors (Lipinski definition) is 3. The van der Waals surface area contributed by atoms with Gasteiger partial charge in [-0.15, -0.1) is 24.0 Å². The van der Waals surface area contributed by atoms with Crippen molar-refractivity contribution in [2.75, 3.05) is 47.1 Å². The fourth-order valence-corrected chi connectivity index (χ4v) is 1.22. The number of nitrogens with one attached hydrogen (secondary N) is 2. The van der Waals surface area contributed by atoms with Gasteiger partial charge in [-0.3, -0.25) is 4.99 Å². The number of hydrogen-bond donors (Lipinski definition) is 2. The minimum Gasteiger partial charge on any atom is -0.383 e. The maximum Gasteiger partial charge on any atom is 0.191 e. The van der Waals surface area contributed by atoms with Crippen molar-refractivity contribution in [3.8, 4) is 0 Å². The SMILES string of the molecule is CCCCOCCCNC(=NC)NCCOC.I. The highest BCUT2D eigenvalue weighted by Gasteiger charge is 1.95. The van der Waals surface area contributed by atoms with Gasteiger partial charge in [0, 0.05) is 40.5 Å². The molecule has 0 aliphatic heterocycles. The quantitative estimate of drug-likeness (QED) is 0.265. The van der Waals surface area contributed by atoms with Crippen molar-refractivity contribution < 1.29 is 9.47 Å². The van der Waals surface area contributed by atoms with Gasteiger partial charge in [0.2, 0.25) is 0 Å². The van der Waals surface area contributed by atoms with Gasteiger partial charge in [-0.1, -0.05) is 13.3 Å². The van der Waals surface area contributed by atoms with Crippen LogP contribution in [0.5, 0.6) is 0 Å². The van der Waals surface area contributed by atoms with Gasteiger partial charge in [-0.2, -0.15) is 0 Å². The lowest BCUT2D eigenvalue weighted by Gasteiger charge is -2.11. The third kappa shape index (κ3) is 14.0. The smallest absolute Gasteiger partial charge is 0.191 e. The molecule has 0 aromatic rings. The van der Waals surface area contributed by atoms with Crippen LogP contribution in [-0.4, -0.2) is 53.0 Å². The fraction of sp³-hybridized carbons (Fsp3) is 0.917. The Morgan fingerprint density at radius 1 is 1.06 bits per heavy atom. The summed E-state index contributed by atoms with van der Waals surface area (Å²) in [4.78, 5) is 4.11. The molecule has 0 saturated heterocycles. The zero-order valence-electron chi connectivity index (χ0n) is 11.8. The molecule has 0 fully saturated rings. The Morgan fingerprint density at radius 3 is 2.33 bits per heavy atom. The van der Waals surface area contributed by atoms with E-state index in [4.69, 9.17) is 9.47 Å². The molecule has 0 amide bonds. The standard InChI is InChI=1S/C12H27N3O2.HI/c1-4-5-9-17-10-6-7-14-12(13-2)15-8-11-16-3;/h4-11H2,1-3H3,(H2,13,14,15);1H. The van der Waals surface area contributed by atoms with Gasteiger partial charge in [0.1, 0.15) is 0 Å². The van der Waals surface area contributed by atoms with E-state index >= 15 is 0 Å². The summed E-state index contributed by atoms with van der Waals surface area (Å²) in [6.45, 7) is 6.17. The van der Waals surface area contributed by atoms with Crippen molar-refractivity contribution in [2.24, 2.45) is 4.99 Å². The molecule has 0 saturated carbocycles. The molecule has 2 N–H and O–H groups in total. The molecule has 0 bridgehead atoms. The number of nitrogens with zero attached hydrogens (tertiary/aromatic N) is 1. The highest BCUT2D eigenvalue weighted by Crippen LogP contribution is 1.88. The maximum absolute atomic E-state index is 5.47. The predicted octanol–water partition coefficient (Wildman–Crippen LogP) is 1.62. The van der Waals surface area contributed by atoms with Gasteiger partial charge >= 0.3 is 0 Å². The van der Waals surface area contributed by atoms with E-state index in [-0.39, 0.29) is 24.0 Å². The molecule has 0 aliphatic rings. The second-order valence-electron chi connectivity index (χ2n) is 3.74. The van der Waals surface area contributed by atoms with Crippen molar-refractivity contribution in [1.29, 1.82) is 0 Å². The Labute approximate surface area is 128 Å². The molecule has 0 aliphatic carbocycles. The number of unbranched alkanes of at least 4 members (excludes halogenated alkanes) is 1. The Hall–Kier alpha value is -0.0800. The largest absolute Gasteiger partial charge is 0.383 e. The van der Waals surface area contributed by atoms with E-state index in [0.29, 0.717) is 6.61 Å². The molecule has 0 unspecified atom stereocenters. The fourth-order valence-electron chi connectivity index (χ4n) is 1.22. The van der Waals surface area contributed by atoms with Gasteiger partial charge in [0.25, 0.3) is 0 Å². The van der Waals surface area contributed by atoms with Gasteiger partial charge in [-0.25, -0.2) is 0 Å². The summed E-state index contributed by atoms with van der Waals surface area (Å²) in [6, 6.07) is 0. The maximum atomic E-state index is 5.47. The van der Waals surface area contributed by atoms with Crippen LogP contribution >= 0.6 is 24.0 Å². The van der Waals surface area contributed by atoms with Crippen molar-refractivity contribution >= 4 is 29.9 Å². The third-order valence-electron chi connectivity index (χ3n) is 2.22. The van der Waals surface area contributed by atoms with E-state index in [1.807, 2.05) is 0 Å². The summed E-state index contributed by atoms with van der Waals surface area (Å²) < 4.78 is 10.4. The van der Waals surface area contributed by atoms with Crippen LogP contribution in [0.2, 0.25) is 0 Å². The van der Waals surface area contributed by atoms with Crippen LogP contribution < -0.4 is 10.6 Å². The van der Waals surface area contributed by atoms with Crippen molar-refractivity contribution in [1.82, 2.24) is 10.6 Å². The zero-order chi connectivity index (χ0) is 12.8. The average molecular weight is 373 g/mol. The second-order valence-corrected chi connectivity index (χ2v) is 3.74. The number of ether oxygens (including phenoxy) is 2. The first-order valence-electron chi connectivity index (χ1n) is 6.36. The lowest BCUT2D eigenvalue weighted by atomic mass is 10.4. The minimum atomic E-state index is 0. The van der Waals surface area contributed by atoms with E-state index in [0.717, 1.165) is 45.1 Å². The summed E-state index contributed by atoms with van der Waals surface area (Å²) in [5, 5.41) is 6.38. The number of halogens is 1. The predicted molar refractivity (Wildman–Crippen MR) is 87.0 cm³/mol. The first-order chi connectivity index (χ1) is 8.35. The Kier molecular flexibility index (Phi) is 19.0. The van der Waals surface area contributed by atoms with Gasteiger partial charge < -0.3 is 20.1 Å². The number of methoxy groups -OCH3 is 1. The highest BCUT2D eigenvalue weighted by molar-refractivity contribution is 14.0. The summed E-state index contributed by atoms with van der Waals surface area (Å²) in [7, 11) is 3.45. The molecule has 0 rings (SSSR count). The van der Waals surface area contributed by atoms with Crippen LogP contribution in [0.15, 0.2) is 4.99 Å². The minimum absolute atomic E-state index is 0. The molecule has 6 heteroatoms. The molecule has 5 nitrogen and oxygen atoms in total. The lowest BCUT2D eigenvalue weighted by molar-refractivity contribution is 0.129. The zero-order valence-corrected chi connectivity index (χ0v) is 14.2. The number of aliphatic imine (C=N–C) groups is 1. The van der Waals surface area contributed by atoms with Gasteiger partial charge in [0.05, 0.1) is 6.61 Å². The van der Waals surface area contributed by atoms with Crippen LogP contribution in [0, 0.1) is 0 Å². The van der Waals surface area contributed by atoms with Crippen molar-refractivity contribution in [3.63, 3.8) is 0 Å². The molecular weight excluding hydrogens is 345 g/mol. The van der Waals surface area contributed by atoms with Crippen LogP contribution in [0.3, 0.4) is 0 Å². The van der Waals surface area contributed by atoms with Gasteiger partial charge in [0.15, 0.2) is 5.96 Å². The molecule has 0 aromatic carbocycles. The number of rotatable bonds is 10.